The molecule has 0 aromatic heterocycles. The summed E-state index contributed by atoms with van der Waals surface area (Å²) in [7, 11) is 0. The van der Waals surface area contributed by atoms with Gasteiger partial charge in [0, 0.05) is 5.56 Å². The molecule has 0 heterocycles. The molecule has 1 aliphatic rings. The van der Waals surface area contributed by atoms with Crippen molar-refractivity contribution in [3.8, 4) is 0 Å². The van der Waals surface area contributed by atoms with Crippen LogP contribution in [0.25, 0.3) is 12.2 Å². The van der Waals surface area contributed by atoms with E-state index < -0.39 is 0 Å². The molecular formula is C34H39F. The molecule has 182 valence electrons. The van der Waals surface area contributed by atoms with Gasteiger partial charge in [-0.05, 0) is 97.9 Å². The van der Waals surface area contributed by atoms with Crippen molar-refractivity contribution in [1.82, 2.24) is 0 Å². The number of hydrogen-bond donors (Lipinski definition) is 0. The Morgan fingerprint density at radius 1 is 0.886 bits per heavy atom. The second-order valence-electron chi connectivity index (χ2n) is 10.2. The molecule has 0 N–H and O–H groups in total. The second kappa shape index (κ2) is 12.7. The Morgan fingerprint density at radius 2 is 1.63 bits per heavy atom. The summed E-state index contributed by atoms with van der Waals surface area (Å²) in [5, 5.41) is 0. The molecule has 4 rings (SSSR count). The highest BCUT2D eigenvalue weighted by Crippen LogP contribution is 2.38. The highest BCUT2D eigenvalue weighted by molar-refractivity contribution is 5.70. The van der Waals surface area contributed by atoms with E-state index in [0.717, 1.165) is 17.9 Å². The Kier molecular flexibility index (Phi) is 9.12. The van der Waals surface area contributed by atoms with Crippen molar-refractivity contribution in [2.45, 2.75) is 70.6 Å². The third-order valence-corrected chi connectivity index (χ3v) is 7.67. The standard InChI is InChI=1S/C34H39F/c1-3-4-6-9-27-16-19-31(20-17-27)33-23-22-32(34(35)25-33)21-18-28-12-14-29(15-13-28)24-26(2)30-10-7-5-8-11-30/h3-5,7-8,10-15,18,21-23,25-27,31H,6,9,16-17,19-20,24H2,1-2H3/b4-3+,21-18+. The molecule has 0 nitrogen and oxygen atoms in total. The van der Waals surface area contributed by atoms with E-state index in [1.54, 1.807) is 6.07 Å². The summed E-state index contributed by atoms with van der Waals surface area (Å²) in [6.07, 6.45) is 16.7. The molecule has 1 saturated carbocycles. The van der Waals surface area contributed by atoms with Gasteiger partial charge in [0.05, 0.1) is 0 Å². The van der Waals surface area contributed by atoms with E-state index in [-0.39, 0.29) is 5.82 Å². The zero-order valence-electron chi connectivity index (χ0n) is 21.3. The van der Waals surface area contributed by atoms with Crippen LogP contribution < -0.4 is 0 Å². The van der Waals surface area contributed by atoms with Gasteiger partial charge in [-0.3, -0.25) is 0 Å². The molecule has 0 saturated heterocycles. The summed E-state index contributed by atoms with van der Waals surface area (Å²) < 4.78 is 14.9. The second-order valence-corrected chi connectivity index (χ2v) is 10.2. The number of hydrogen-bond acceptors (Lipinski definition) is 0. The van der Waals surface area contributed by atoms with Gasteiger partial charge in [-0.25, -0.2) is 4.39 Å². The van der Waals surface area contributed by atoms with Gasteiger partial charge in [-0.15, -0.1) is 0 Å². The molecule has 0 spiro atoms. The van der Waals surface area contributed by atoms with E-state index in [9.17, 15) is 4.39 Å². The zero-order valence-corrected chi connectivity index (χ0v) is 21.3. The molecule has 3 aromatic rings. The van der Waals surface area contributed by atoms with Crippen LogP contribution in [0.5, 0.6) is 0 Å². The van der Waals surface area contributed by atoms with Crippen LogP contribution in [0.3, 0.4) is 0 Å². The topological polar surface area (TPSA) is 0 Å². The smallest absolute Gasteiger partial charge is 0.130 e. The normalized spacial score (nSPS) is 19.4. The summed E-state index contributed by atoms with van der Waals surface area (Å²) in [5.41, 5.74) is 5.62. The van der Waals surface area contributed by atoms with Crippen LogP contribution in [-0.4, -0.2) is 0 Å². The predicted molar refractivity (Wildman–Crippen MR) is 149 cm³/mol. The molecule has 35 heavy (non-hydrogen) atoms. The van der Waals surface area contributed by atoms with Crippen molar-refractivity contribution in [3.63, 3.8) is 0 Å². The lowest BCUT2D eigenvalue weighted by molar-refractivity contribution is 0.311. The molecule has 0 radical (unpaired) electrons. The molecule has 3 aromatic carbocycles. The van der Waals surface area contributed by atoms with Crippen molar-refractivity contribution in [2.75, 3.05) is 0 Å². The minimum atomic E-state index is -0.109. The minimum absolute atomic E-state index is 0.109. The third kappa shape index (κ3) is 7.28. The van der Waals surface area contributed by atoms with Crippen molar-refractivity contribution < 1.29 is 4.39 Å². The van der Waals surface area contributed by atoms with Gasteiger partial charge in [-0.1, -0.05) is 98.0 Å². The highest BCUT2D eigenvalue weighted by atomic mass is 19.1. The molecule has 1 unspecified atom stereocenters. The Morgan fingerprint density at radius 3 is 2.31 bits per heavy atom. The van der Waals surface area contributed by atoms with Gasteiger partial charge in [-0.2, -0.15) is 0 Å². The fraction of sp³-hybridized carbons (Fsp3) is 0.353. The number of halogens is 1. The average Bonchev–Trinajstić information content (AvgIpc) is 2.90. The van der Waals surface area contributed by atoms with E-state index in [2.05, 4.69) is 86.7 Å². The van der Waals surface area contributed by atoms with Crippen LogP contribution in [0.1, 0.15) is 92.0 Å². The lowest BCUT2D eigenvalue weighted by Crippen LogP contribution is -2.13. The van der Waals surface area contributed by atoms with Crippen LogP contribution in [0.15, 0.2) is 84.9 Å². The van der Waals surface area contributed by atoms with Gasteiger partial charge in [0.2, 0.25) is 0 Å². The first-order valence-electron chi connectivity index (χ1n) is 13.3. The third-order valence-electron chi connectivity index (χ3n) is 7.67. The largest absolute Gasteiger partial charge is 0.206 e. The van der Waals surface area contributed by atoms with Crippen LogP contribution >= 0.6 is 0 Å². The van der Waals surface area contributed by atoms with Gasteiger partial charge < -0.3 is 0 Å². The fourth-order valence-electron chi connectivity index (χ4n) is 5.42. The van der Waals surface area contributed by atoms with E-state index in [1.807, 2.05) is 18.2 Å². The maximum atomic E-state index is 14.9. The van der Waals surface area contributed by atoms with E-state index in [0.29, 0.717) is 17.4 Å². The Bertz CT molecular complexity index is 1100. The first-order chi connectivity index (χ1) is 17.1. The van der Waals surface area contributed by atoms with Crippen LogP contribution in [0.4, 0.5) is 4.39 Å². The van der Waals surface area contributed by atoms with E-state index in [1.165, 1.54) is 55.2 Å². The SMILES string of the molecule is C/C=C/CCC1CCC(c2ccc(/C=C/c3ccc(CC(C)c4ccccc4)cc3)c(F)c2)CC1. The van der Waals surface area contributed by atoms with Gasteiger partial charge in [0.25, 0.3) is 0 Å². The maximum absolute atomic E-state index is 14.9. The van der Waals surface area contributed by atoms with E-state index in [4.69, 9.17) is 0 Å². The van der Waals surface area contributed by atoms with Gasteiger partial charge >= 0.3 is 0 Å². The quantitative estimate of drug-likeness (QED) is 0.217. The first kappa shape index (κ1) is 25.2. The van der Waals surface area contributed by atoms with Crippen LogP contribution in [-0.2, 0) is 6.42 Å². The summed E-state index contributed by atoms with van der Waals surface area (Å²) in [4.78, 5) is 0. The first-order valence-corrected chi connectivity index (χ1v) is 13.3. The molecule has 1 atom stereocenters. The summed E-state index contributed by atoms with van der Waals surface area (Å²) in [5.74, 6) is 1.72. The maximum Gasteiger partial charge on any atom is 0.130 e. The Balaban J connectivity index is 1.31. The summed E-state index contributed by atoms with van der Waals surface area (Å²) >= 11 is 0. The number of benzene rings is 3. The molecule has 1 aliphatic carbocycles. The molecule has 0 bridgehead atoms. The van der Waals surface area contributed by atoms with Crippen molar-refractivity contribution in [2.24, 2.45) is 5.92 Å². The monoisotopic (exact) mass is 466 g/mol. The number of allylic oxidation sites excluding steroid dienone is 2. The minimum Gasteiger partial charge on any atom is -0.206 e. The van der Waals surface area contributed by atoms with Crippen LogP contribution in [0.2, 0.25) is 0 Å². The van der Waals surface area contributed by atoms with Crippen molar-refractivity contribution >= 4 is 12.2 Å². The van der Waals surface area contributed by atoms with E-state index >= 15 is 0 Å². The molecule has 0 aliphatic heterocycles. The zero-order chi connectivity index (χ0) is 24.5. The van der Waals surface area contributed by atoms with Gasteiger partial charge in [0.15, 0.2) is 0 Å². The molecular weight excluding hydrogens is 427 g/mol. The predicted octanol–water partition coefficient (Wildman–Crippen LogP) is 9.97. The molecule has 0 amide bonds. The highest BCUT2D eigenvalue weighted by Gasteiger charge is 2.22. The summed E-state index contributed by atoms with van der Waals surface area (Å²) in [6.45, 7) is 4.36. The molecule has 1 fully saturated rings. The molecule has 1 heteroatoms. The van der Waals surface area contributed by atoms with Gasteiger partial charge in [0.1, 0.15) is 5.82 Å². The lowest BCUT2D eigenvalue weighted by atomic mass is 9.77. The van der Waals surface area contributed by atoms with Crippen LogP contribution in [0, 0.1) is 11.7 Å². The average molecular weight is 467 g/mol. The fourth-order valence-corrected chi connectivity index (χ4v) is 5.42. The number of rotatable bonds is 9. The van der Waals surface area contributed by atoms with Crippen molar-refractivity contribution in [3.05, 3.63) is 119 Å². The summed E-state index contributed by atoms with van der Waals surface area (Å²) in [6, 6.07) is 25.2. The lowest BCUT2D eigenvalue weighted by Gasteiger charge is -2.28. The Hall–Kier alpha value is -2.93. The van der Waals surface area contributed by atoms with Crippen molar-refractivity contribution in [1.29, 1.82) is 0 Å². The Labute approximate surface area is 211 Å².